The van der Waals surface area contributed by atoms with Gasteiger partial charge in [-0.1, -0.05) is 6.07 Å². The topological polar surface area (TPSA) is 51.5 Å². The van der Waals surface area contributed by atoms with Crippen molar-refractivity contribution in [2.45, 2.75) is 0 Å². The molecular formula is C12H11NO3. The summed E-state index contributed by atoms with van der Waals surface area (Å²) in [6.45, 7) is -0.605. The van der Waals surface area contributed by atoms with Crippen molar-refractivity contribution >= 4 is 5.97 Å². The van der Waals surface area contributed by atoms with E-state index in [0.717, 1.165) is 5.69 Å². The molecule has 1 N–H and O–H groups in total. The molecule has 0 aliphatic heterocycles. The first kappa shape index (κ1) is 10.4. The van der Waals surface area contributed by atoms with Gasteiger partial charge in [0, 0.05) is 18.1 Å². The number of benzene rings is 1. The lowest BCUT2D eigenvalue weighted by molar-refractivity contribution is 0.00683. The molecule has 1 heterocycles. The van der Waals surface area contributed by atoms with E-state index in [-0.39, 0.29) is 0 Å². The molecule has 0 atom stereocenters. The molecule has 0 saturated heterocycles. The predicted molar refractivity (Wildman–Crippen MR) is 58.3 cm³/mol. The summed E-state index contributed by atoms with van der Waals surface area (Å²) in [5.74, 6) is -0.531. The van der Waals surface area contributed by atoms with Crippen LogP contribution in [0.2, 0.25) is 0 Å². The summed E-state index contributed by atoms with van der Waals surface area (Å²) >= 11 is 0. The molecule has 0 bridgehead atoms. The lowest BCUT2D eigenvalue weighted by Crippen LogP contribution is -2.06. The minimum Gasteiger partial charge on any atom is -0.435 e. The Balaban J connectivity index is 2.30. The third-order valence-corrected chi connectivity index (χ3v) is 2.18. The molecule has 1 aromatic carbocycles. The summed E-state index contributed by atoms with van der Waals surface area (Å²) in [5, 5.41) is 8.50. The van der Waals surface area contributed by atoms with E-state index in [1.807, 2.05) is 35.2 Å². The Morgan fingerprint density at radius 1 is 1.25 bits per heavy atom. The molecule has 4 heteroatoms. The average Bonchev–Trinajstić information content (AvgIpc) is 2.83. The zero-order chi connectivity index (χ0) is 11.4. The Labute approximate surface area is 92.7 Å². The van der Waals surface area contributed by atoms with E-state index >= 15 is 0 Å². The fourth-order valence-corrected chi connectivity index (χ4v) is 1.44. The van der Waals surface area contributed by atoms with Gasteiger partial charge < -0.3 is 14.4 Å². The quantitative estimate of drug-likeness (QED) is 0.627. The molecule has 0 saturated carbocycles. The highest BCUT2D eigenvalue weighted by Gasteiger charge is 2.07. The van der Waals surface area contributed by atoms with E-state index in [0.29, 0.717) is 5.56 Å². The molecule has 2 rings (SSSR count). The summed E-state index contributed by atoms with van der Waals surface area (Å²) in [7, 11) is 0. The molecule has 82 valence electrons. The van der Waals surface area contributed by atoms with Gasteiger partial charge >= 0.3 is 5.97 Å². The molecule has 16 heavy (non-hydrogen) atoms. The van der Waals surface area contributed by atoms with Crippen LogP contribution in [0.3, 0.4) is 0 Å². The minimum atomic E-state index is -0.605. The van der Waals surface area contributed by atoms with Crippen LogP contribution in [-0.4, -0.2) is 22.4 Å². The second kappa shape index (κ2) is 4.63. The molecule has 0 amide bonds. The van der Waals surface area contributed by atoms with Gasteiger partial charge in [-0.2, -0.15) is 0 Å². The van der Waals surface area contributed by atoms with Crippen LogP contribution in [0.15, 0.2) is 48.8 Å². The van der Waals surface area contributed by atoms with E-state index in [2.05, 4.69) is 4.74 Å². The van der Waals surface area contributed by atoms with Crippen molar-refractivity contribution in [2.75, 3.05) is 6.79 Å². The first-order valence-electron chi connectivity index (χ1n) is 4.82. The fourth-order valence-electron chi connectivity index (χ4n) is 1.44. The lowest BCUT2D eigenvalue weighted by atomic mass is 10.2. The van der Waals surface area contributed by atoms with Crippen molar-refractivity contribution in [1.29, 1.82) is 0 Å². The molecule has 4 nitrogen and oxygen atoms in total. The van der Waals surface area contributed by atoms with Crippen LogP contribution in [0.25, 0.3) is 5.69 Å². The molecule has 0 aliphatic carbocycles. The predicted octanol–water partition coefficient (Wildman–Crippen LogP) is 1.58. The van der Waals surface area contributed by atoms with Crippen LogP contribution in [0.5, 0.6) is 0 Å². The zero-order valence-corrected chi connectivity index (χ0v) is 8.54. The normalized spacial score (nSPS) is 10.1. The Hall–Kier alpha value is -2.07. The van der Waals surface area contributed by atoms with Gasteiger partial charge in [-0.3, -0.25) is 0 Å². The summed E-state index contributed by atoms with van der Waals surface area (Å²) < 4.78 is 6.39. The van der Waals surface area contributed by atoms with E-state index in [1.165, 1.54) is 0 Å². The van der Waals surface area contributed by atoms with Gasteiger partial charge in [-0.15, -0.1) is 0 Å². The zero-order valence-electron chi connectivity index (χ0n) is 8.54. The number of hydrogen-bond acceptors (Lipinski definition) is 3. The van der Waals surface area contributed by atoms with Crippen LogP contribution >= 0.6 is 0 Å². The third-order valence-electron chi connectivity index (χ3n) is 2.18. The van der Waals surface area contributed by atoms with Crippen molar-refractivity contribution in [3.63, 3.8) is 0 Å². The number of nitrogens with zero attached hydrogens (tertiary/aromatic N) is 1. The molecule has 0 spiro atoms. The van der Waals surface area contributed by atoms with Crippen LogP contribution < -0.4 is 0 Å². The second-order valence-electron chi connectivity index (χ2n) is 3.20. The summed E-state index contributed by atoms with van der Waals surface area (Å²) in [6.07, 6.45) is 3.77. The number of carbonyl (C=O) groups excluding carboxylic acids is 1. The Morgan fingerprint density at radius 3 is 2.69 bits per heavy atom. The monoisotopic (exact) mass is 217 g/mol. The second-order valence-corrected chi connectivity index (χ2v) is 3.20. The number of rotatable bonds is 3. The number of aliphatic hydroxyl groups excluding tert-OH is 1. The van der Waals surface area contributed by atoms with E-state index < -0.39 is 12.8 Å². The van der Waals surface area contributed by atoms with Gasteiger partial charge in [0.15, 0.2) is 6.79 Å². The molecule has 0 radical (unpaired) electrons. The number of carbonyl (C=O) groups is 1. The highest BCUT2D eigenvalue weighted by molar-refractivity contribution is 5.89. The first-order valence-corrected chi connectivity index (χ1v) is 4.82. The number of esters is 1. The van der Waals surface area contributed by atoms with Gasteiger partial charge in [0.25, 0.3) is 0 Å². The Kier molecular flexibility index (Phi) is 3.03. The van der Waals surface area contributed by atoms with E-state index in [4.69, 9.17) is 5.11 Å². The molecule has 0 unspecified atom stereocenters. The van der Waals surface area contributed by atoms with Crippen LogP contribution in [-0.2, 0) is 4.74 Å². The number of hydrogen-bond donors (Lipinski definition) is 1. The summed E-state index contributed by atoms with van der Waals surface area (Å²) in [6, 6.07) is 10.8. The van der Waals surface area contributed by atoms with E-state index in [9.17, 15) is 4.79 Å². The summed E-state index contributed by atoms with van der Waals surface area (Å²) in [4.78, 5) is 11.4. The molecule has 0 fully saturated rings. The standard InChI is InChI=1S/C12H11NO3/c14-9-16-12(15)10-4-3-5-11(8-10)13-6-1-2-7-13/h1-8,14H,9H2. The maximum Gasteiger partial charge on any atom is 0.340 e. The molecule has 1 aromatic heterocycles. The van der Waals surface area contributed by atoms with Crippen LogP contribution in [0.4, 0.5) is 0 Å². The molecular weight excluding hydrogens is 206 g/mol. The van der Waals surface area contributed by atoms with Gasteiger partial charge in [0.05, 0.1) is 5.56 Å². The minimum absolute atomic E-state index is 0.417. The Morgan fingerprint density at radius 2 is 2.00 bits per heavy atom. The number of aromatic nitrogens is 1. The van der Waals surface area contributed by atoms with Crippen molar-refractivity contribution in [3.05, 3.63) is 54.4 Å². The van der Waals surface area contributed by atoms with Gasteiger partial charge in [0.2, 0.25) is 0 Å². The van der Waals surface area contributed by atoms with Crippen molar-refractivity contribution in [3.8, 4) is 5.69 Å². The lowest BCUT2D eigenvalue weighted by Gasteiger charge is -2.05. The highest BCUT2D eigenvalue weighted by atomic mass is 16.6. The smallest absolute Gasteiger partial charge is 0.340 e. The van der Waals surface area contributed by atoms with Crippen LogP contribution in [0.1, 0.15) is 10.4 Å². The average molecular weight is 217 g/mol. The van der Waals surface area contributed by atoms with Crippen LogP contribution in [0, 0.1) is 0 Å². The summed E-state index contributed by atoms with van der Waals surface area (Å²) in [5.41, 5.74) is 1.29. The van der Waals surface area contributed by atoms with Crippen molar-refractivity contribution < 1.29 is 14.6 Å². The molecule has 0 aliphatic rings. The fraction of sp³-hybridized carbons (Fsp3) is 0.0833. The Bertz CT molecular complexity index is 477. The van der Waals surface area contributed by atoms with Gasteiger partial charge in [0.1, 0.15) is 0 Å². The number of aliphatic hydroxyl groups is 1. The van der Waals surface area contributed by atoms with E-state index in [1.54, 1.807) is 18.2 Å². The SMILES string of the molecule is O=C(OCO)c1cccc(-n2cccc2)c1. The highest BCUT2D eigenvalue weighted by Crippen LogP contribution is 2.11. The van der Waals surface area contributed by atoms with Crippen molar-refractivity contribution in [1.82, 2.24) is 4.57 Å². The maximum absolute atomic E-state index is 11.4. The largest absolute Gasteiger partial charge is 0.435 e. The van der Waals surface area contributed by atoms with Crippen molar-refractivity contribution in [2.24, 2.45) is 0 Å². The van der Waals surface area contributed by atoms with Gasteiger partial charge in [-0.25, -0.2) is 4.79 Å². The van der Waals surface area contributed by atoms with Gasteiger partial charge in [-0.05, 0) is 30.3 Å². The number of ether oxygens (including phenoxy) is 1. The third kappa shape index (κ3) is 2.12. The molecule has 2 aromatic rings. The first-order chi connectivity index (χ1) is 7.81. The maximum atomic E-state index is 11.4.